The Hall–Kier alpha value is -2.56. The largest absolute Gasteiger partial charge is 0.398 e. The summed E-state index contributed by atoms with van der Waals surface area (Å²) >= 11 is 0. The molecule has 3 aromatic rings. The van der Waals surface area contributed by atoms with Crippen LogP contribution in [0.1, 0.15) is 11.3 Å². The summed E-state index contributed by atoms with van der Waals surface area (Å²) in [6.07, 6.45) is 5.47. The average molecular weight is 267 g/mol. The highest BCUT2D eigenvalue weighted by atomic mass is 15.3. The second-order valence-electron chi connectivity index (χ2n) is 4.86. The molecule has 0 bridgehead atoms. The Morgan fingerprint density at radius 3 is 2.80 bits per heavy atom. The van der Waals surface area contributed by atoms with E-state index in [-0.39, 0.29) is 0 Å². The molecule has 0 amide bonds. The van der Waals surface area contributed by atoms with E-state index in [4.69, 9.17) is 5.73 Å². The van der Waals surface area contributed by atoms with Crippen LogP contribution < -0.4 is 11.1 Å². The first-order valence-electron chi connectivity index (χ1n) is 6.50. The lowest BCUT2D eigenvalue weighted by molar-refractivity contribution is 0.738. The zero-order valence-electron chi connectivity index (χ0n) is 11.6. The summed E-state index contributed by atoms with van der Waals surface area (Å²) in [6, 6.07) is 5.88. The number of hydrogen-bond donors (Lipinski definition) is 2. The molecular formula is C15H17N5. The van der Waals surface area contributed by atoms with Gasteiger partial charge in [-0.25, -0.2) is 0 Å². The molecule has 0 unspecified atom stereocenters. The van der Waals surface area contributed by atoms with Crippen LogP contribution in [0.5, 0.6) is 0 Å². The van der Waals surface area contributed by atoms with Crippen molar-refractivity contribution in [1.82, 2.24) is 14.8 Å². The highest BCUT2D eigenvalue weighted by Gasteiger charge is 2.06. The molecular weight excluding hydrogens is 250 g/mol. The van der Waals surface area contributed by atoms with E-state index in [1.54, 1.807) is 12.4 Å². The van der Waals surface area contributed by atoms with Gasteiger partial charge in [-0.1, -0.05) is 0 Å². The van der Waals surface area contributed by atoms with Gasteiger partial charge in [0.15, 0.2) is 0 Å². The molecule has 20 heavy (non-hydrogen) atoms. The topological polar surface area (TPSA) is 68.8 Å². The fourth-order valence-corrected chi connectivity index (χ4v) is 2.27. The second-order valence-corrected chi connectivity index (χ2v) is 4.86. The number of anilines is 2. The van der Waals surface area contributed by atoms with Gasteiger partial charge < -0.3 is 11.1 Å². The zero-order chi connectivity index (χ0) is 14.1. The summed E-state index contributed by atoms with van der Waals surface area (Å²) in [5.74, 6) is 0. The maximum atomic E-state index is 5.98. The molecule has 102 valence electrons. The molecule has 0 atom stereocenters. The van der Waals surface area contributed by atoms with Gasteiger partial charge in [0.05, 0.1) is 6.20 Å². The van der Waals surface area contributed by atoms with Crippen LogP contribution in [0.2, 0.25) is 0 Å². The number of pyridine rings is 1. The van der Waals surface area contributed by atoms with Crippen LogP contribution in [0.15, 0.2) is 36.8 Å². The second kappa shape index (κ2) is 4.85. The number of aromatic nitrogens is 3. The molecule has 0 spiro atoms. The normalized spacial score (nSPS) is 10.9. The lowest BCUT2D eigenvalue weighted by Crippen LogP contribution is -2.02. The minimum atomic E-state index is 0.737. The van der Waals surface area contributed by atoms with Gasteiger partial charge in [-0.15, -0.1) is 0 Å². The molecule has 0 aliphatic heterocycles. The molecule has 0 aliphatic carbocycles. The first-order valence-corrected chi connectivity index (χ1v) is 6.50. The molecule has 0 radical (unpaired) electrons. The fraction of sp³-hybridized carbons (Fsp3) is 0.200. The lowest BCUT2D eigenvalue weighted by Gasteiger charge is -2.11. The van der Waals surface area contributed by atoms with E-state index in [1.165, 1.54) is 11.3 Å². The van der Waals surface area contributed by atoms with Crippen molar-refractivity contribution in [3.8, 4) is 0 Å². The van der Waals surface area contributed by atoms with E-state index >= 15 is 0 Å². The Labute approximate surface area is 117 Å². The maximum absolute atomic E-state index is 5.98. The standard InChI is InChI=1S/C15H17N5/c1-10-11(8-19-20(10)2)7-18-15-4-3-14(16)13-9-17-6-5-12(13)15/h3-6,8-9,18H,7,16H2,1-2H3. The molecule has 0 saturated heterocycles. The quantitative estimate of drug-likeness (QED) is 0.715. The van der Waals surface area contributed by atoms with Crippen molar-refractivity contribution in [1.29, 1.82) is 0 Å². The van der Waals surface area contributed by atoms with Gasteiger partial charge in [-0.2, -0.15) is 5.10 Å². The van der Waals surface area contributed by atoms with Gasteiger partial charge in [-0.3, -0.25) is 9.67 Å². The van der Waals surface area contributed by atoms with Gasteiger partial charge in [0.25, 0.3) is 0 Å². The summed E-state index contributed by atoms with van der Waals surface area (Å²) in [7, 11) is 1.95. The Morgan fingerprint density at radius 2 is 2.05 bits per heavy atom. The number of benzene rings is 1. The summed E-state index contributed by atoms with van der Waals surface area (Å²) in [6.45, 7) is 2.80. The van der Waals surface area contributed by atoms with Crippen LogP contribution in [0.25, 0.3) is 10.8 Å². The van der Waals surface area contributed by atoms with Crippen molar-refractivity contribution in [3.63, 3.8) is 0 Å². The van der Waals surface area contributed by atoms with Crippen LogP contribution in [-0.4, -0.2) is 14.8 Å². The Kier molecular flexibility index (Phi) is 3.02. The highest BCUT2D eigenvalue weighted by Crippen LogP contribution is 2.27. The monoisotopic (exact) mass is 267 g/mol. The zero-order valence-corrected chi connectivity index (χ0v) is 11.6. The molecule has 3 rings (SSSR count). The molecule has 5 nitrogen and oxygen atoms in total. The molecule has 2 aromatic heterocycles. The van der Waals surface area contributed by atoms with Crippen molar-refractivity contribution < 1.29 is 0 Å². The third-order valence-corrected chi connectivity index (χ3v) is 3.66. The van der Waals surface area contributed by atoms with E-state index in [9.17, 15) is 0 Å². The lowest BCUT2D eigenvalue weighted by atomic mass is 10.1. The summed E-state index contributed by atoms with van der Waals surface area (Å²) < 4.78 is 1.88. The summed E-state index contributed by atoms with van der Waals surface area (Å²) in [4.78, 5) is 4.13. The molecule has 3 N–H and O–H groups in total. The van der Waals surface area contributed by atoms with Crippen LogP contribution in [0.3, 0.4) is 0 Å². The Morgan fingerprint density at radius 1 is 1.20 bits per heavy atom. The minimum absolute atomic E-state index is 0.737. The fourth-order valence-electron chi connectivity index (χ4n) is 2.27. The average Bonchev–Trinajstić information content (AvgIpc) is 2.79. The maximum Gasteiger partial charge on any atom is 0.0542 e. The Balaban J connectivity index is 1.92. The molecule has 5 heteroatoms. The number of aryl methyl sites for hydroxylation is 1. The third-order valence-electron chi connectivity index (χ3n) is 3.66. The first-order chi connectivity index (χ1) is 9.66. The van der Waals surface area contributed by atoms with Crippen LogP contribution >= 0.6 is 0 Å². The van der Waals surface area contributed by atoms with Gasteiger partial charge >= 0.3 is 0 Å². The summed E-state index contributed by atoms with van der Waals surface area (Å²) in [5, 5.41) is 9.76. The number of nitrogens with zero attached hydrogens (tertiary/aromatic N) is 3. The SMILES string of the molecule is Cc1c(CNc2ccc(N)c3cnccc23)cnn1C. The molecule has 0 fully saturated rings. The number of nitrogens with two attached hydrogens (primary N) is 1. The number of rotatable bonds is 3. The van der Waals surface area contributed by atoms with E-state index in [0.717, 1.165) is 28.7 Å². The molecule has 0 aliphatic rings. The van der Waals surface area contributed by atoms with Gasteiger partial charge in [0.1, 0.15) is 0 Å². The third kappa shape index (κ3) is 2.07. The van der Waals surface area contributed by atoms with E-state index in [0.29, 0.717) is 0 Å². The highest BCUT2D eigenvalue weighted by molar-refractivity contribution is 6.00. The predicted molar refractivity (Wildman–Crippen MR) is 81.4 cm³/mol. The van der Waals surface area contributed by atoms with Gasteiger partial charge in [0.2, 0.25) is 0 Å². The smallest absolute Gasteiger partial charge is 0.0542 e. The number of nitrogen functional groups attached to an aromatic ring is 1. The van der Waals surface area contributed by atoms with E-state index in [2.05, 4.69) is 22.3 Å². The number of hydrogen-bond acceptors (Lipinski definition) is 4. The molecule has 2 heterocycles. The van der Waals surface area contributed by atoms with Crippen LogP contribution in [0.4, 0.5) is 11.4 Å². The van der Waals surface area contributed by atoms with Crippen molar-refractivity contribution >= 4 is 22.1 Å². The molecule has 0 saturated carbocycles. The Bertz CT molecular complexity index is 760. The first kappa shape index (κ1) is 12.5. The van der Waals surface area contributed by atoms with Crippen molar-refractivity contribution in [2.75, 3.05) is 11.1 Å². The predicted octanol–water partition coefficient (Wildman–Crippen LogP) is 2.47. The van der Waals surface area contributed by atoms with Gasteiger partial charge in [-0.05, 0) is 25.1 Å². The van der Waals surface area contributed by atoms with E-state index in [1.807, 2.05) is 36.1 Å². The van der Waals surface area contributed by atoms with Crippen LogP contribution in [-0.2, 0) is 13.6 Å². The van der Waals surface area contributed by atoms with Crippen molar-refractivity contribution in [2.45, 2.75) is 13.5 Å². The van der Waals surface area contributed by atoms with Crippen molar-refractivity contribution in [2.24, 2.45) is 7.05 Å². The van der Waals surface area contributed by atoms with E-state index < -0.39 is 0 Å². The number of fused-ring (bicyclic) bond motifs is 1. The number of nitrogens with one attached hydrogen (secondary N) is 1. The molecule has 1 aromatic carbocycles. The summed E-state index contributed by atoms with van der Waals surface area (Å²) in [5.41, 5.74) is 10.1. The minimum Gasteiger partial charge on any atom is -0.398 e. The van der Waals surface area contributed by atoms with Crippen molar-refractivity contribution in [3.05, 3.63) is 48.0 Å². The van der Waals surface area contributed by atoms with Gasteiger partial charge in [0, 0.05) is 59.4 Å². The van der Waals surface area contributed by atoms with Crippen LogP contribution in [0, 0.1) is 6.92 Å².